The summed E-state index contributed by atoms with van der Waals surface area (Å²) in [6.45, 7) is 13.3. The minimum absolute atomic E-state index is 0.0216. The van der Waals surface area contributed by atoms with E-state index in [2.05, 4.69) is 185 Å². The minimum Gasteiger partial charge on any atom is -0.456 e. The van der Waals surface area contributed by atoms with Gasteiger partial charge in [0.25, 0.3) is 0 Å². The second-order valence-corrected chi connectivity index (χ2v) is 22.0. The molecule has 0 aliphatic heterocycles. The van der Waals surface area contributed by atoms with Crippen LogP contribution in [0.25, 0.3) is 98.5 Å². The summed E-state index contributed by atoms with van der Waals surface area (Å²) >= 11 is 0. The zero-order chi connectivity index (χ0) is 51.8. The largest absolute Gasteiger partial charge is 0.456 e. The number of anilines is 6. The predicted molar refractivity (Wildman–Crippen MR) is 309 cm³/mol. The Morgan fingerprint density at radius 1 is 0.329 bits per heavy atom. The molecule has 14 aromatic rings. The first-order chi connectivity index (χ1) is 36.8. The van der Waals surface area contributed by atoms with Gasteiger partial charge in [-0.2, -0.15) is 10.5 Å². The van der Waals surface area contributed by atoms with Crippen molar-refractivity contribution in [2.75, 3.05) is 9.80 Å². The fourth-order valence-corrected chi connectivity index (χ4v) is 11.3. The molecule has 14 rings (SSSR count). The molecule has 0 bridgehead atoms. The average Bonchev–Trinajstić information content (AvgIpc) is 4.24. The lowest BCUT2D eigenvalue weighted by molar-refractivity contribution is 0.590. The molecule has 364 valence electrons. The molecule has 4 heterocycles. The molecule has 0 fully saturated rings. The highest BCUT2D eigenvalue weighted by Crippen LogP contribution is 2.47. The highest BCUT2D eigenvalue weighted by molar-refractivity contribution is 6.20. The van der Waals surface area contributed by atoms with Crippen molar-refractivity contribution in [3.63, 3.8) is 0 Å². The Bertz CT molecular complexity index is 4510. The minimum atomic E-state index is -0.0216. The standard InChI is InChI=1S/C68H48N4O4/c1-67(2,3)40-15-19-42(20-16-40)71(44-23-27-50-48-11-7-9-13-58(48)73-60(50)33-44)46-25-29-52-54-31-39-32-55-53-30-26-47(36-63(53)76-66(55)57(38-70)64(39)56(37-69)65(54)75-62(52)35-46)72(43-21-17-41(18-22-43)68(4,5)6)45-24-28-51-49-12-8-10-14-59(49)74-61(51)34-45/h7-36H,1-6H3. The van der Waals surface area contributed by atoms with Crippen LogP contribution < -0.4 is 9.80 Å². The summed E-state index contributed by atoms with van der Waals surface area (Å²) in [6.07, 6.45) is 0. The van der Waals surface area contributed by atoms with Crippen molar-refractivity contribution in [2.45, 2.75) is 52.4 Å². The number of rotatable bonds is 6. The van der Waals surface area contributed by atoms with Crippen molar-refractivity contribution in [2.24, 2.45) is 0 Å². The Morgan fingerprint density at radius 3 is 1.00 bits per heavy atom. The number of hydrogen-bond acceptors (Lipinski definition) is 8. The molecule has 0 atom stereocenters. The molecule has 8 heteroatoms. The second-order valence-electron chi connectivity index (χ2n) is 22.0. The number of hydrogen-bond donors (Lipinski definition) is 0. The summed E-state index contributed by atoms with van der Waals surface area (Å²) in [7, 11) is 0. The van der Waals surface area contributed by atoms with Crippen LogP contribution in [0.5, 0.6) is 0 Å². The van der Waals surface area contributed by atoms with Gasteiger partial charge in [-0.15, -0.1) is 0 Å². The number of para-hydroxylation sites is 2. The fourth-order valence-electron chi connectivity index (χ4n) is 11.3. The first kappa shape index (κ1) is 44.9. The Labute approximate surface area is 437 Å². The third kappa shape index (κ3) is 6.95. The van der Waals surface area contributed by atoms with Gasteiger partial charge < -0.3 is 27.5 Å². The molecule has 0 saturated heterocycles. The molecule has 0 spiro atoms. The lowest BCUT2D eigenvalue weighted by Crippen LogP contribution is -2.13. The highest BCUT2D eigenvalue weighted by atomic mass is 16.3. The number of nitrogens with zero attached hydrogens (tertiary/aromatic N) is 4. The van der Waals surface area contributed by atoms with Crippen molar-refractivity contribution in [1.29, 1.82) is 10.5 Å². The Kier molecular flexibility index (Phi) is 9.67. The molecule has 76 heavy (non-hydrogen) atoms. The number of furan rings is 4. The van der Waals surface area contributed by atoms with Gasteiger partial charge in [0, 0.05) is 107 Å². The van der Waals surface area contributed by atoms with E-state index in [-0.39, 0.29) is 22.0 Å². The van der Waals surface area contributed by atoms with Gasteiger partial charge in [0.1, 0.15) is 56.8 Å². The first-order valence-corrected chi connectivity index (χ1v) is 25.6. The zero-order valence-corrected chi connectivity index (χ0v) is 42.7. The van der Waals surface area contributed by atoms with Gasteiger partial charge in [0.2, 0.25) is 0 Å². The molecular weight excluding hydrogens is 937 g/mol. The molecule has 0 unspecified atom stereocenters. The van der Waals surface area contributed by atoms with Crippen LogP contribution in [0.15, 0.2) is 200 Å². The van der Waals surface area contributed by atoms with E-state index < -0.39 is 0 Å². The first-order valence-electron chi connectivity index (χ1n) is 25.6. The summed E-state index contributed by atoms with van der Waals surface area (Å²) in [4.78, 5) is 4.40. The second kappa shape index (κ2) is 16.4. The zero-order valence-electron chi connectivity index (χ0n) is 42.7. The number of nitriles is 2. The molecule has 0 aliphatic rings. The summed E-state index contributed by atoms with van der Waals surface area (Å²) in [6, 6.07) is 67.6. The smallest absolute Gasteiger partial charge is 0.153 e. The Balaban J connectivity index is 0.906. The van der Waals surface area contributed by atoms with E-state index in [0.29, 0.717) is 27.7 Å². The van der Waals surface area contributed by atoms with Crippen molar-refractivity contribution in [3.8, 4) is 12.1 Å². The SMILES string of the molecule is CC(C)(C)c1ccc(N(c2ccc3c(c2)oc2ccccc23)c2ccc3c(c2)oc2c(C#N)c4c(C#N)c5oc6cc(N(c7ccc(C(C)(C)C)cc7)c7ccc8c(c7)oc7ccccc78)ccc6c5cc4cc23)cc1. The summed E-state index contributed by atoms with van der Waals surface area (Å²) in [5.74, 6) is 0. The third-order valence-corrected chi connectivity index (χ3v) is 15.2. The summed E-state index contributed by atoms with van der Waals surface area (Å²) in [5.41, 5.74) is 13.8. The van der Waals surface area contributed by atoms with Crippen LogP contribution in [0.3, 0.4) is 0 Å². The van der Waals surface area contributed by atoms with Crippen molar-refractivity contribution < 1.29 is 17.7 Å². The van der Waals surface area contributed by atoms with E-state index in [4.69, 9.17) is 17.7 Å². The average molecular weight is 985 g/mol. The topological polar surface area (TPSA) is 107 Å². The van der Waals surface area contributed by atoms with Gasteiger partial charge in [-0.1, -0.05) is 102 Å². The molecule has 0 saturated carbocycles. The highest BCUT2D eigenvalue weighted by Gasteiger charge is 2.26. The van der Waals surface area contributed by atoms with Gasteiger partial charge in [-0.3, -0.25) is 0 Å². The van der Waals surface area contributed by atoms with Crippen LogP contribution in [0.1, 0.15) is 63.8 Å². The van der Waals surface area contributed by atoms with Crippen LogP contribution in [-0.4, -0.2) is 0 Å². The quantitative estimate of drug-likeness (QED) is 0.162. The van der Waals surface area contributed by atoms with Crippen molar-refractivity contribution >= 4 is 133 Å². The lowest BCUT2D eigenvalue weighted by atomic mass is 9.87. The van der Waals surface area contributed by atoms with Crippen molar-refractivity contribution in [3.05, 3.63) is 204 Å². The van der Waals surface area contributed by atoms with E-state index in [9.17, 15) is 10.5 Å². The normalized spacial score (nSPS) is 12.3. The van der Waals surface area contributed by atoms with E-state index in [0.717, 1.165) is 105 Å². The van der Waals surface area contributed by atoms with E-state index in [1.807, 2.05) is 60.7 Å². The summed E-state index contributed by atoms with van der Waals surface area (Å²) < 4.78 is 26.3. The van der Waals surface area contributed by atoms with E-state index in [1.54, 1.807) is 0 Å². The molecule has 8 nitrogen and oxygen atoms in total. The molecular formula is C68H48N4O4. The molecule has 0 aliphatic carbocycles. The molecule has 0 amide bonds. The van der Waals surface area contributed by atoms with Gasteiger partial charge in [-0.25, -0.2) is 0 Å². The van der Waals surface area contributed by atoms with Crippen LogP contribution in [0, 0.1) is 22.7 Å². The van der Waals surface area contributed by atoms with Crippen LogP contribution in [0.4, 0.5) is 34.1 Å². The van der Waals surface area contributed by atoms with Crippen LogP contribution in [-0.2, 0) is 10.8 Å². The van der Waals surface area contributed by atoms with Crippen LogP contribution in [0.2, 0.25) is 0 Å². The molecule has 4 aromatic heterocycles. The molecule has 0 radical (unpaired) electrons. The van der Waals surface area contributed by atoms with Crippen molar-refractivity contribution in [1.82, 2.24) is 0 Å². The van der Waals surface area contributed by atoms with E-state index >= 15 is 0 Å². The third-order valence-electron chi connectivity index (χ3n) is 15.2. The maximum absolute atomic E-state index is 11.1. The number of fused-ring (bicyclic) bond motifs is 13. The lowest BCUT2D eigenvalue weighted by Gasteiger charge is -2.27. The predicted octanol–water partition coefficient (Wildman–Crippen LogP) is 19.7. The van der Waals surface area contributed by atoms with E-state index in [1.165, 1.54) is 11.1 Å². The number of benzene rings is 10. The maximum atomic E-state index is 11.1. The Hall–Kier alpha value is -9.76. The fraction of sp³-hybridized carbons (Fsp3) is 0.118. The maximum Gasteiger partial charge on any atom is 0.153 e. The Morgan fingerprint density at radius 2 is 0.645 bits per heavy atom. The van der Waals surface area contributed by atoms with Crippen LogP contribution >= 0.6 is 0 Å². The monoisotopic (exact) mass is 984 g/mol. The van der Waals surface area contributed by atoms with Gasteiger partial charge in [0.15, 0.2) is 11.2 Å². The molecule has 10 aromatic carbocycles. The molecule has 0 N–H and O–H groups in total. The van der Waals surface area contributed by atoms with Gasteiger partial charge >= 0.3 is 0 Å². The van der Waals surface area contributed by atoms with Gasteiger partial charge in [-0.05, 0) is 124 Å². The van der Waals surface area contributed by atoms with Gasteiger partial charge in [0.05, 0.1) is 0 Å². The summed E-state index contributed by atoms with van der Waals surface area (Å²) in [5, 5.41) is 30.8.